The van der Waals surface area contributed by atoms with Gasteiger partial charge in [0.15, 0.2) is 0 Å². The van der Waals surface area contributed by atoms with Crippen LogP contribution >= 0.6 is 23.7 Å². The average Bonchev–Trinajstić information content (AvgIpc) is 2.87. The molecule has 1 aliphatic heterocycles. The predicted molar refractivity (Wildman–Crippen MR) is 104 cm³/mol. The zero-order valence-corrected chi connectivity index (χ0v) is 16.5. The van der Waals surface area contributed by atoms with Gasteiger partial charge in [-0.2, -0.15) is 0 Å². The van der Waals surface area contributed by atoms with Crippen LogP contribution in [0.1, 0.15) is 35.5 Å². The molecule has 2 N–H and O–H groups in total. The predicted octanol–water partition coefficient (Wildman–Crippen LogP) is 2.17. The molecule has 6 nitrogen and oxygen atoms in total. The molecule has 0 unspecified atom stereocenters. The monoisotopic (exact) mass is 384 g/mol. The number of thiophene rings is 1. The number of hydrogen-bond donors (Lipinski definition) is 2. The van der Waals surface area contributed by atoms with E-state index in [4.69, 9.17) is 0 Å². The maximum absolute atomic E-state index is 12.4. The lowest BCUT2D eigenvalue weighted by molar-refractivity contribution is -0.132. The highest BCUT2D eigenvalue weighted by molar-refractivity contribution is 7.18. The summed E-state index contributed by atoms with van der Waals surface area (Å²) in [4.78, 5) is 35.8. The maximum atomic E-state index is 12.4. The van der Waals surface area contributed by atoms with Gasteiger partial charge in [0.1, 0.15) is 10.7 Å². The first-order valence-electron chi connectivity index (χ1n) is 8.43. The highest BCUT2D eigenvalue weighted by Gasteiger charge is 2.21. The molecule has 0 aromatic carbocycles. The summed E-state index contributed by atoms with van der Waals surface area (Å²) in [6.07, 6.45) is 2.86. The van der Waals surface area contributed by atoms with E-state index >= 15 is 0 Å². The van der Waals surface area contributed by atoms with Crippen molar-refractivity contribution in [1.29, 1.82) is 0 Å². The van der Waals surface area contributed by atoms with Crippen LogP contribution in [0.3, 0.4) is 0 Å². The summed E-state index contributed by atoms with van der Waals surface area (Å²) in [5.41, 5.74) is 0.901. The van der Waals surface area contributed by atoms with Gasteiger partial charge in [0.2, 0.25) is 5.91 Å². The van der Waals surface area contributed by atoms with Gasteiger partial charge < -0.3 is 15.2 Å². The minimum absolute atomic E-state index is 0. The highest BCUT2D eigenvalue weighted by Crippen LogP contribution is 2.25. The average molecular weight is 385 g/mol. The van der Waals surface area contributed by atoms with Crippen LogP contribution in [-0.2, 0) is 11.2 Å². The van der Waals surface area contributed by atoms with Crippen LogP contribution < -0.4 is 10.9 Å². The highest BCUT2D eigenvalue weighted by atomic mass is 35.5. The molecular formula is C17H25ClN4O2S. The Morgan fingerprint density at radius 2 is 2.04 bits per heavy atom. The fourth-order valence-corrected chi connectivity index (χ4v) is 4.27. The SMILES string of the molecule is CNC1CCN(C(=O)CCc2nc3sc(C)c(C)c3c(=O)[nH]2)CC1.Cl. The molecule has 1 saturated heterocycles. The van der Waals surface area contributed by atoms with E-state index in [1.807, 2.05) is 25.8 Å². The summed E-state index contributed by atoms with van der Waals surface area (Å²) in [5, 5.41) is 3.95. The lowest BCUT2D eigenvalue weighted by Gasteiger charge is -2.31. The number of fused-ring (bicyclic) bond motifs is 1. The van der Waals surface area contributed by atoms with Gasteiger partial charge in [-0.3, -0.25) is 9.59 Å². The number of rotatable bonds is 4. The number of carbonyl (C=O) groups excluding carboxylic acids is 1. The Bertz CT molecular complexity index is 809. The fourth-order valence-electron chi connectivity index (χ4n) is 3.22. The summed E-state index contributed by atoms with van der Waals surface area (Å²) in [5.74, 6) is 0.748. The van der Waals surface area contributed by atoms with E-state index in [9.17, 15) is 9.59 Å². The van der Waals surface area contributed by atoms with Gasteiger partial charge in [0.05, 0.1) is 5.39 Å². The number of piperidine rings is 1. The fraction of sp³-hybridized carbons (Fsp3) is 0.588. The van der Waals surface area contributed by atoms with Gasteiger partial charge in [-0.25, -0.2) is 4.98 Å². The van der Waals surface area contributed by atoms with Crippen molar-refractivity contribution in [2.45, 2.75) is 45.6 Å². The third kappa shape index (κ3) is 4.22. The van der Waals surface area contributed by atoms with Crippen molar-refractivity contribution >= 4 is 39.9 Å². The van der Waals surface area contributed by atoms with E-state index in [1.165, 1.54) is 11.3 Å². The summed E-state index contributed by atoms with van der Waals surface area (Å²) in [6, 6.07) is 0.514. The minimum atomic E-state index is -0.0980. The van der Waals surface area contributed by atoms with Crippen LogP contribution in [-0.4, -0.2) is 47.0 Å². The van der Waals surface area contributed by atoms with E-state index in [0.717, 1.165) is 41.2 Å². The van der Waals surface area contributed by atoms with E-state index in [-0.39, 0.29) is 23.9 Å². The van der Waals surface area contributed by atoms with E-state index < -0.39 is 0 Å². The first-order chi connectivity index (χ1) is 11.5. The molecule has 1 fully saturated rings. The van der Waals surface area contributed by atoms with Gasteiger partial charge in [-0.05, 0) is 39.3 Å². The molecule has 1 aliphatic rings. The van der Waals surface area contributed by atoms with Crippen LogP contribution in [0.25, 0.3) is 10.2 Å². The molecule has 0 saturated carbocycles. The van der Waals surface area contributed by atoms with Crippen LogP contribution in [0.15, 0.2) is 4.79 Å². The van der Waals surface area contributed by atoms with E-state index in [1.54, 1.807) is 0 Å². The zero-order chi connectivity index (χ0) is 17.3. The number of nitrogens with zero attached hydrogens (tertiary/aromatic N) is 2. The van der Waals surface area contributed by atoms with Crippen molar-refractivity contribution in [3.63, 3.8) is 0 Å². The number of amides is 1. The topological polar surface area (TPSA) is 78.1 Å². The lowest BCUT2D eigenvalue weighted by atomic mass is 10.0. The number of halogens is 1. The molecule has 8 heteroatoms. The van der Waals surface area contributed by atoms with Crippen molar-refractivity contribution in [2.24, 2.45) is 0 Å². The molecule has 2 aromatic heterocycles. The molecule has 25 heavy (non-hydrogen) atoms. The second kappa shape index (κ2) is 8.29. The summed E-state index contributed by atoms with van der Waals surface area (Å²) in [6.45, 7) is 5.55. The Morgan fingerprint density at radius 1 is 1.36 bits per heavy atom. The lowest BCUT2D eigenvalue weighted by Crippen LogP contribution is -2.44. The summed E-state index contributed by atoms with van der Waals surface area (Å²) in [7, 11) is 1.97. The zero-order valence-electron chi connectivity index (χ0n) is 14.8. The van der Waals surface area contributed by atoms with Crippen LogP contribution in [0, 0.1) is 13.8 Å². The summed E-state index contributed by atoms with van der Waals surface area (Å²) < 4.78 is 0. The number of aromatic amines is 1. The number of nitrogens with one attached hydrogen (secondary N) is 2. The van der Waals surface area contributed by atoms with Crippen molar-refractivity contribution in [3.05, 3.63) is 26.6 Å². The Labute approximate surface area is 157 Å². The molecule has 138 valence electrons. The minimum Gasteiger partial charge on any atom is -0.343 e. The van der Waals surface area contributed by atoms with Gasteiger partial charge in [-0.15, -0.1) is 23.7 Å². The number of aromatic nitrogens is 2. The molecule has 0 radical (unpaired) electrons. The van der Waals surface area contributed by atoms with Gasteiger partial charge >= 0.3 is 0 Å². The van der Waals surface area contributed by atoms with Crippen molar-refractivity contribution in [1.82, 2.24) is 20.2 Å². The van der Waals surface area contributed by atoms with Gasteiger partial charge in [0, 0.05) is 36.9 Å². The third-order valence-corrected chi connectivity index (χ3v) is 6.02. The van der Waals surface area contributed by atoms with Crippen molar-refractivity contribution < 1.29 is 4.79 Å². The Kier molecular flexibility index (Phi) is 6.59. The maximum Gasteiger partial charge on any atom is 0.259 e. The quantitative estimate of drug-likeness (QED) is 0.846. The molecule has 3 heterocycles. The van der Waals surface area contributed by atoms with Crippen LogP contribution in [0.4, 0.5) is 0 Å². The Balaban J connectivity index is 0.00000225. The molecule has 3 rings (SSSR count). The first kappa shape index (κ1) is 19.9. The second-order valence-electron chi connectivity index (χ2n) is 6.42. The molecule has 1 amide bonds. The second-order valence-corrected chi connectivity index (χ2v) is 7.62. The number of H-pyrrole nitrogens is 1. The summed E-state index contributed by atoms with van der Waals surface area (Å²) >= 11 is 1.54. The number of carbonyl (C=O) groups is 1. The third-order valence-electron chi connectivity index (χ3n) is 4.92. The van der Waals surface area contributed by atoms with Crippen molar-refractivity contribution in [2.75, 3.05) is 20.1 Å². The number of aryl methyl sites for hydroxylation is 3. The van der Waals surface area contributed by atoms with Crippen LogP contribution in [0.2, 0.25) is 0 Å². The smallest absolute Gasteiger partial charge is 0.259 e. The molecule has 0 spiro atoms. The largest absolute Gasteiger partial charge is 0.343 e. The van der Waals surface area contributed by atoms with E-state index in [0.29, 0.717) is 30.1 Å². The molecular weight excluding hydrogens is 360 g/mol. The molecule has 0 aliphatic carbocycles. The van der Waals surface area contributed by atoms with Crippen molar-refractivity contribution in [3.8, 4) is 0 Å². The Morgan fingerprint density at radius 3 is 2.68 bits per heavy atom. The normalized spacial score (nSPS) is 15.4. The molecule has 0 bridgehead atoms. The van der Waals surface area contributed by atoms with Crippen LogP contribution in [0.5, 0.6) is 0 Å². The molecule has 2 aromatic rings. The van der Waals surface area contributed by atoms with E-state index in [2.05, 4.69) is 15.3 Å². The standard InChI is InChI=1S/C17H24N4O2S.ClH/c1-10-11(2)24-17-15(10)16(23)19-13(20-17)4-5-14(22)21-8-6-12(18-3)7-9-21;/h12,18H,4-9H2,1-3H3,(H,19,20,23);1H. The van der Waals surface area contributed by atoms with Gasteiger partial charge in [0.25, 0.3) is 5.56 Å². The first-order valence-corrected chi connectivity index (χ1v) is 9.25. The molecule has 0 atom stereocenters. The number of hydrogen-bond acceptors (Lipinski definition) is 5. The van der Waals surface area contributed by atoms with Gasteiger partial charge in [-0.1, -0.05) is 0 Å². The number of likely N-dealkylation sites (tertiary alicyclic amines) is 1. The Hall–Kier alpha value is -1.44.